The molecule has 1 unspecified atom stereocenters. The first-order valence-corrected chi connectivity index (χ1v) is 13.9. The summed E-state index contributed by atoms with van der Waals surface area (Å²) < 4.78 is 11.8. The fourth-order valence-electron chi connectivity index (χ4n) is 5.06. The van der Waals surface area contributed by atoms with Gasteiger partial charge >= 0.3 is 12.1 Å². The fraction of sp³-hybridized carbons (Fsp3) is 0.655. The zero-order valence-electron chi connectivity index (χ0n) is 23.3. The molecule has 9 heteroatoms. The maximum atomic E-state index is 12.2. The highest BCUT2D eigenvalue weighted by Crippen LogP contribution is 2.38. The number of alkyl carbamates (subject to hydrolysis) is 1. The SMILES string of the molecule is Cc1ccc2nc(CCCCC[C@@H]3C[C@H]3OC(=O)N[C@H](C(=O)O)C(C)(C)C)c(OC3CN[C@H](C)C3)nc2c1. The third-order valence-electron chi connectivity index (χ3n) is 7.42. The number of benzene rings is 1. The van der Waals surface area contributed by atoms with Crippen molar-refractivity contribution < 1.29 is 24.2 Å². The van der Waals surface area contributed by atoms with Gasteiger partial charge in [0.05, 0.1) is 11.0 Å². The molecule has 1 aromatic heterocycles. The smallest absolute Gasteiger partial charge is 0.408 e. The van der Waals surface area contributed by atoms with Crippen molar-refractivity contribution in [3.63, 3.8) is 0 Å². The minimum atomic E-state index is -1.06. The highest BCUT2D eigenvalue weighted by molar-refractivity contribution is 5.80. The molecule has 2 aromatic rings. The number of hydrogen-bond donors (Lipinski definition) is 3. The molecule has 1 aliphatic heterocycles. The van der Waals surface area contributed by atoms with Crippen molar-refractivity contribution in [2.75, 3.05) is 6.54 Å². The second-order valence-corrected chi connectivity index (χ2v) is 12.1. The molecule has 38 heavy (non-hydrogen) atoms. The summed E-state index contributed by atoms with van der Waals surface area (Å²) in [5, 5.41) is 15.3. The molecule has 4 rings (SSSR count). The van der Waals surface area contributed by atoms with Crippen LogP contribution in [0.3, 0.4) is 0 Å². The topological polar surface area (TPSA) is 123 Å². The fourth-order valence-corrected chi connectivity index (χ4v) is 5.06. The summed E-state index contributed by atoms with van der Waals surface area (Å²) in [6, 6.07) is 5.58. The standard InChI is InChI=1S/C29H42N4O5/c1-17-11-12-21-23(13-17)32-26(37-20-14-18(2)30-16-20)22(31-21)10-8-6-7-9-19-15-24(19)38-28(36)33-25(27(34)35)29(3,4)5/h11-13,18-20,24-25,30H,6-10,14-16H2,1-5H3,(H,33,36)(H,34,35)/t18-,19-,20?,24-,25-/m1/s1. The van der Waals surface area contributed by atoms with E-state index in [2.05, 4.69) is 30.5 Å². The van der Waals surface area contributed by atoms with E-state index < -0.39 is 23.5 Å². The third-order valence-corrected chi connectivity index (χ3v) is 7.42. The molecule has 2 fully saturated rings. The van der Waals surface area contributed by atoms with Gasteiger partial charge in [0.2, 0.25) is 5.88 Å². The number of ether oxygens (including phenoxy) is 2. The van der Waals surface area contributed by atoms with Gasteiger partial charge in [-0.3, -0.25) is 0 Å². The molecule has 0 spiro atoms. The van der Waals surface area contributed by atoms with Crippen molar-refractivity contribution >= 4 is 23.1 Å². The molecular formula is C29H42N4O5. The highest BCUT2D eigenvalue weighted by atomic mass is 16.6. The Morgan fingerprint density at radius 3 is 2.63 bits per heavy atom. The normalized spacial score (nSPS) is 23.7. The lowest BCUT2D eigenvalue weighted by atomic mass is 9.87. The molecule has 208 valence electrons. The number of aliphatic carboxylic acids is 1. The lowest BCUT2D eigenvalue weighted by molar-refractivity contribution is -0.142. The Labute approximate surface area is 225 Å². The Kier molecular flexibility index (Phi) is 8.75. The first-order chi connectivity index (χ1) is 18.0. The largest absolute Gasteiger partial charge is 0.480 e. The molecule has 5 atom stereocenters. The van der Waals surface area contributed by atoms with E-state index in [4.69, 9.17) is 19.4 Å². The number of carbonyl (C=O) groups excluding carboxylic acids is 1. The maximum absolute atomic E-state index is 12.2. The second kappa shape index (κ2) is 11.8. The quantitative estimate of drug-likeness (QED) is 0.358. The number of aromatic nitrogens is 2. The van der Waals surface area contributed by atoms with Crippen LogP contribution in [0.5, 0.6) is 5.88 Å². The van der Waals surface area contributed by atoms with Crippen molar-refractivity contribution in [1.82, 2.24) is 20.6 Å². The van der Waals surface area contributed by atoms with Gasteiger partial charge in [0.25, 0.3) is 0 Å². The first kappa shape index (κ1) is 28.1. The van der Waals surface area contributed by atoms with Crippen LogP contribution in [0.15, 0.2) is 18.2 Å². The van der Waals surface area contributed by atoms with Gasteiger partial charge in [-0.15, -0.1) is 0 Å². The van der Waals surface area contributed by atoms with E-state index in [0.717, 1.165) is 73.8 Å². The highest BCUT2D eigenvalue weighted by Gasteiger charge is 2.41. The first-order valence-electron chi connectivity index (χ1n) is 13.9. The monoisotopic (exact) mass is 526 g/mol. The van der Waals surface area contributed by atoms with Crippen LogP contribution in [0.1, 0.15) is 77.5 Å². The Bertz CT molecular complexity index is 1150. The number of carbonyl (C=O) groups is 2. The molecule has 2 aliphatic rings. The van der Waals surface area contributed by atoms with Crippen molar-refractivity contribution in [3.05, 3.63) is 29.5 Å². The zero-order valence-corrected chi connectivity index (χ0v) is 23.3. The van der Waals surface area contributed by atoms with Crippen LogP contribution in [0.25, 0.3) is 11.0 Å². The Hall–Kier alpha value is -2.94. The number of nitrogens with zero attached hydrogens (tertiary/aromatic N) is 2. The van der Waals surface area contributed by atoms with Crippen molar-refractivity contribution in [3.8, 4) is 5.88 Å². The minimum Gasteiger partial charge on any atom is -0.480 e. The van der Waals surface area contributed by atoms with Crippen LogP contribution in [0.2, 0.25) is 0 Å². The number of amides is 1. The summed E-state index contributed by atoms with van der Waals surface area (Å²) in [7, 11) is 0. The molecular weight excluding hydrogens is 484 g/mol. The number of carboxylic acid groups (broad SMARTS) is 1. The molecule has 1 saturated heterocycles. The lowest BCUT2D eigenvalue weighted by Crippen LogP contribution is -2.49. The second-order valence-electron chi connectivity index (χ2n) is 12.1. The van der Waals surface area contributed by atoms with Gasteiger partial charge in [-0.25, -0.2) is 19.6 Å². The summed E-state index contributed by atoms with van der Waals surface area (Å²) in [6.45, 7) is 10.4. The van der Waals surface area contributed by atoms with E-state index >= 15 is 0 Å². The number of aryl methyl sites for hydroxylation is 2. The number of unbranched alkanes of at least 4 members (excludes halogenated alkanes) is 2. The minimum absolute atomic E-state index is 0.110. The van der Waals surface area contributed by atoms with E-state index in [1.54, 1.807) is 20.8 Å². The predicted molar refractivity (Wildman–Crippen MR) is 145 cm³/mol. The van der Waals surface area contributed by atoms with Gasteiger partial charge < -0.3 is 25.2 Å². The zero-order chi connectivity index (χ0) is 27.4. The van der Waals surface area contributed by atoms with E-state index in [1.165, 1.54) is 0 Å². The average Bonchev–Trinajstić information content (AvgIpc) is 3.43. The molecule has 1 aliphatic carbocycles. The third kappa shape index (κ3) is 7.56. The van der Waals surface area contributed by atoms with Crippen molar-refractivity contribution in [1.29, 1.82) is 0 Å². The van der Waals surface area contributed by atoms with Crippen LogP contribution in [0, 0.1) is 18.3 Å². The van der Waals surface area contributed by atoms with Crippen LogP contribution >= 0.6 is 0 Å². The lowest BCUT2D eigenvalue weighted by Gasteiger charge is -2.27. The van der Waals surface area contributed by atoms with Gasteiger partial charge in [-0.1, -0.05) is 39.7 Å². The van der Waals surface area contributed by atoms with Gasteiger partial charge in [-0.2, -0.15) is 0 Å². The van der Waals surface area contributed by atoms with Crippen LogP contribution in [-0.4, -0.2) is 58.0 Å². The summed E-state index contributed by atoms with van der Waals surface area (Å²) in [5.41, 5.74) is 3.22. The van der Waals surface area contributed by atoms with E-state index in [9.17, 15) is 14.7 Å². The van der Waals surface area contributed by atoms with E-state index in [0.29, 0.717) is 17.8 Å². The molecule has 3 N–H and O–H groups in total. The average molecular weight is 527 g/mol. The Morgan fingerprint density at radius 2 is 1.95 bits per heavy atom. The number of carboxylic acids is 1. The summed E-state index contributed by atoms with van der Waals surface area (Å²) >= 11 is 0. The molecule has 0 radical (unpaired) electrons. The molecule has 1 amide bonds. The van der Waals surface area contributed by atoms with Crippen LogP contribution in [-0.2, 0) is 16.0 Å². The predicted octanol–water partition coefficient (Wildman–Crippen LogP) is 4.78. The van der Waals surface area contributed by atoms with Crippen molar-refractivity contribution in [2.24, 2.45) is 11.3 Å². The summed E-state index contributed by atoms with van der Waals surface area (Å²) in [4.78, 5) is 33.4. The summed E-state index contributed by atoms with van der Waals surface area (Å²) in [6.07, 6.45) is 5.97. The van der Waals surface area contributed by atoms with Crippen molar-refractivity contribution in [2.45, 2.75) is 104 Å². The van der Waals surface area contributed by atoms with E-state index in [-0.39, 0.29) is 12.2 Å². The number of nitrogens with one attached hydrogen (secondary N) is 2. The molecule has 0 bridgehead atoms. The Morgan fingerprint density at radius 1 is 1.16 bits per heavy atom. The van der Waals surface area contributed by atoms with Gasteiger partial charge in [0.1, 0.15) is 23.9 Å². The number of rotatable bonds is 11. The van der Waals surface area contributed by atoms with Crippen LogP contribution in [0.4, 0.5) is 4.79 Å². The van der Waals surface area contributed by atoms with Gasteiger partial charge in [0, 0.05) is 19.0 Å². The molecule has 1 aromatic carbocycles. The van der Waals surface area contributed by atoms with Gasteiger partial charge in [0.15, 0.2) is 0 Å². The molecule has 9 nitrogen and oxygen atoms in total. The van der Waals surface area contributed by atoms with Gasteiger partial charge in [-0.05, 0) is 68.6 Å². The van der Waals surface area contributed by atoms with Crippen LogP contribution < -0.4 is 15.4 Å². The number of fused-ring (bicyclic) bond motifs is 1. The summed E-state index contributed by atoms with van der Waals surface area (Å²) in [5.74, 6) is -0.0604. The number of hydrogen-bond acceptors (Lipinski definition) is 7. The Balaban J connectivity index is 1.23. The molecule has 1 saturated carbocycles. The molecule has 2 heterocycles. The van der Waals surface area contributed by atoms with E-state index in [1.807, 2.05) is 12.1 Å². The maximum Gasteiger partial charge on any atom is 0.408 e.